The van der Waals surface area contributed by atoms with Crippen LogP contribution >= 0.6 is 11.3 Å². The first-order valence-electron chi connectivity index (χ1n) is 6.58. The average Bonchev–Trinajstić information content (AvgIpc) is 2.81. The van der Waals surface area contributed by atoms with Crippen LogP contribution in [-0.2, 0) is 21.4 Å². The van der Waals surface area contributed by atoms with E-state index in [0.717, 1.165) is 17.7 Å². The summed E-state index contributed by atoms with van der Waals surface area (Å²) in [5, 5.41) is 9.15. The molecule has 1 aliphatic rings. The van der Waals surface area contributed by atoms with Crippen molar-refractivity contribution < 1.29 is 18.3 Å². The second kappa shape index (κ2) is 5.73. The molecule has 1 N–H and O–H groups in total. The van der Waals surface area contributed by atoms with Crippen LogP contribution in [0.2, 0.25) is 0 Å². The highest BCUT2D eigenvalue weighted by molar-refractivity contribution is 7.89. The zero-order valence-electron chi connectivity index (χ0n) is 12.0. The lowest BCUT2D eigenvalue weighted by Gasteiger charge is -2.38. The summed E-state index contributed by atoms with van der Waals surface area (Å²) >= 11 is 1.32. The summed E-state index contributed by atoms with van der Waals surface area (Å²) < 4.78 is 32.4. The van der Waals surface area contributed by atoms with E-state index >= 15 is 0 Å². The molecule has 1 aliphatic heterocycles. The Morgan fingerprint density at radius 1 is 1.55 bits per heavy atom. The molecule has 1 aromatic heterocycles. The number of methoxy groups -OCH3 is 1. The molecule has 7 heteroatoms. The van der Waals surface area contributed by atoms with Crippen LogP contribution in [0, 0.1) is 6.92 Å². The number of nitrogens with zero attached hydrogens (tertiary/aromatic N) is 1. The van der Waals surface area contributed by atoms with Crippen molar-refractivity contribution in [1.29, 1.82) is 0 Å². The minimum atomic E-state index is -3.51. The molecule has 2 heterocycles. The Labute approximate surface area is 124 Å². The monoisotopic (exact) mass is 319 g/mol. The van der Waals surface area contributed by atoms with Gasteiger partial charge < -0.3 is 9.84 Å². The summed E-state index contributed by atoms with van der Waals surface area (Å²) in [5.41, 5.74) is -0.422. The summed E-state index contributed by atoms with van der Waals surface area (Å²) in [5.74, 6) is 0. The van der Waals surface area contributed by atoms with Crippen molar-refractivity contribution in [2.45, 2.75) is 43.8 Å². The zero-order valence-corrected chi connectivity index (χ0v) is 13.7. The third kappa shape index (κ3) is 2.92. The van der Waals surface area contributed by atoms with E-state index in [-0.39, 0.29) is 6.61 Å². The topological polar surface area (TPSA) is 66.8 Å². The van der Waals surface area contributed by atoms with Crippen LogP contribution in [0.1, 0.15) is 29.5 Å². The first-order chi connectivity index (χ1) is 9.32. The third-order valence-corrected chi connectivity index (χ3v) is 6.95. The predicted octanol–water partition coefficient (Wildman–Crippen LogP) is 1.74. The summed E-state index contributed by atoms with van der Waals surface area (Å²) in [7, 11) is -1.89. The number of hydrogen-bond acceptors (Lipinski definition) is 5. The Bertz CT molecular complexity index is 581. The number of piperidine rings is 1. The lowest BCUT2D eigenvalue weighted by Crippen LogP contribution is -2.49. The van der Waals surface area contributed by atoms with E-state index in [9.17, 15) is 8.42 Å². The van der Waals surface area contributed by atoms with Gasteiger partial charge in [0.25, 0.3) is 0 Å². The molecule has 1 atom stereocenters. The van der Waals surface area contributed by atoms with Gasteiger partial charge in [0.1, 0.15) is 0 Å². The molecule has 2 rings (SSSR count). The number of sulfonamides is 1. The molecule has 0 aromatic carbocycles. The van der Waals surface area contributed by atoms with Gasteiger partial charge in [-0.05, 0) is 32.8 Å². The molecule has 1 unspecified atom stereocenters. The number of aliphatic hydroxyl groups excluding tert-OH is 1. The zero-order chi connectivity index (χ0) is 15.0. The number of ether oxygens (including phenoxy) is 1. The molecule has 0 radical (unpaired) electrons. The molecular weight excluding hydrogens is 298 g/mol. The maximum Gasteiger partial charge on any atom is 0.244 e. The maximum atomic E-state index is 12.7. The van der Waals surface area contributed by atoms with Crippen LogP contribution in [0.15, 0.2) is 11.0 Å². The molecule has 5 nitrogen and oxygen atoms in total. The van der Waals surface area contributed by atoms with Crippen LogP contribution in [0.25, 0.3) is 0 Å². The summed E-state index contributed by atoms with van der Waals surface area (Å²) in [6.45, 7) is 4.47. The lowest BCUT2D eigenvalue weighted by atomic mass is 9.96. The summed E-state index contributed by atoms with van der Waals surface area (Å²) in [4.78, 5) is 1.71. The number of aliphatic hydroxyl groups is 1. The van der Waals surface area contributed by atoms with Gasteiger partial charge in [0, 0.05) is 30.0 Å². The molecule has 1 fully saturated rings. The number of aryl methyl sites for hydroxylation is 1. The van der Waals surface area contributed by atoms with E-state index in [0.29, 0.717) is 22.9 Å². The Morgan fingerprint density at radius 2 is 2.25 bits per heavy atom. The third-order valence-electron chi connectivity index (χ3n) is 3.81. The maximum absolute atomic E-state index is 12.7. The highest BCUT2D eigenvalue weighted by atomic mass is 32.2. The molecule has 0 spiro atoms. The number of hydrogen-bond donors (Lipinski definition) is 1. The van der Waals surface area contributed by atoms with Gasteiger partial charge in [-0.15, -0.1) is 11.3 Å². The Morgan fingerprint density at radius 3 is 2.80 bits per heavy atom. The van der Waals surface area contributed by atoms with Gasteiger partial charge >= 0.3 is 0 Å². The van der Waals surface area contributed by atoms with Gasteiger partial charge in [0.15, 0.2) is 0 Å². The standard InChI is InChI=1S/C13H21NO4S2/c1-10-12(7-11(8-15)19-10)20(16,17)14-6-4-5-13(2,9-14)18-3/h7,15H,4-6,8-9H2,1-3H3. The van der Waals surface area contributed by atoms with Crippen LogP contribution in [0.5, 0.6) is 0 Å². The largest absolute Gasteiger partial charge is 0.391 e. The van der Waals surface area contributed by atoms with Crippen molar-refractivity contribution in [3.8, 4) is 0 Å². The van der Waals surface area contributed by atoms with Crippen molar-refractivity contribution in [2.75, 3.05) is 20.2 Å². The van der Waals surface area contributed by atoms with E-state index in [1.165, 1.54) is 15.6 Å². The smallest absolute Gasteiger partial charge is 0.244 e. The Balaban J connectivity index is 2.32. The second-order valence-electron chi connectivity index (χ2n) is 5.39. The Hall–Kier alpha value is -0.470. The second-order valence-corrected chi connectivity index (χ2v) is 8.63. The van der Waals surface area contributed by atoms with Gasteiger partial charge in [0.2, 0.25) is 10.0 Å². The first-order valence-corrected chi connectivity index (χ1v) is 8.83. The molecule has 1 saturated heterocycles. The van der Waals surface area contributed by atoms with Crippen molar-refractivity contribution in [3.63, 3.8) is 0 Å². The van der Waals surface area contributed by atoms with Crippen LogP contribution in [0.4, 0.5) is 0 Å². The fourth-order valence-corrected chi connectivity index (χ4v) is 5.58. The summed E-state index contributed by atoms with van der Waals surface area (Å²) in [6.07, 6.45) is 1.65. The lowest BCUT2D eigenvalue weighted by molar-refractivity contribution is -0.0319. The summed E-state index contributed by atoms with van der Waals surface area (Å²) in [6, 6.07) is 1.58. The fourth-order valence-electron chi connectivity index (χ4n) is 2.53. The SMILES string of the molecule is COC1(C)CCCN(S(=O)(=O)c2cc(CO)sc2C)C1. The average molecular weight is 319 g/mol. The van der Waals surface area contributed by atoms with E-state index in [1.54, 1.807) is 20.1 Å². The molecule has 0 saturated carbocycles. The van der Waals surface area contributed by atoms with E-state index in [2.05, 4.69) is 0 Å². The van der Waals surface area contributed by atoms with Gasteiger partial charge in [0.05, 0.1) is 17.1 Å². The number of rotatable bonds is 4. The van der Waals surface area contributed by atoms with Crippen LogP contribution in [-0.4, -0.2) is 43.6 Å². The molecule has 0 bridgehead atoms. The molecule has 1 aromatic rings. The quantitative estimate of drug-likeness (QED) is 0.918. The van der Waals surface area contributed by atoms with Gasteiger partial charge in [-0.1, -0.05) is 0 Å². The number of thiophene rings is 1. The fraction of sp³-hybridized carbons (Fsp3) is 0.692. The highest BCUT2D eigenvalue weighted by Crippen LogP contribution is 2.32. The first kappa shape index (κ1) is 15.9. The highest BCUT2D eigenvalue weighted by Gasteiger charge is 2.38. The van der Waals surface area contributed by atoms with Crippen molar-refractivity contribution in [1.82, 2.24) is 4.31 Å². The van der Waals surface area contributed by atoms with E-state index < -0.39 is 15.6 Å². The molecule has 0 amide bonds. The van der Waals surface area contributed by atoms with Crippen molar-refractivity contribution in [2.24, 2.45) is 0 Å². The Kier molecular flexibility index (Phi) is 4.56. The van der Waals surface area contributed by atoms with Gasteiger partial charge in [-0.2, -0.15) is 4.31 Å². The van der Waals surface area contributed by atoms with E-state index in [1.807, 2.05) is 6.92 Å². The minimum Gasteiger partial charge on any atom is -0.391 e. The molecule has 0 aliphatic carbocycles. The minimum absolute atomic E-state index is 0.128. The van der Waals surface area contributed by atoms with Crippen molar-refractivity contribution >= 4 is 21.4 Å². The predicted molar refractivity (Wildman–Crippen MR) is 78.4 cm³/mol. The van der Waals surface area contributed by atoms with Gasteiger partial charge in [-0.3, -0.25) is 0 Å². The molecular formula is C13H21NO4S2. The molecule has 114 valence electrons. The van der Waals surface area contributed by atoms with Crippen LogP contribution < -0.4 is 0 Å². The van der Waals surface area contributed by atoms with Gasteiger partial charge in [-0.25, -0.2) is 8.42 Å². The van der Waals surface area contributed by atoms with Crippen LogP contribution in [0.3, 0.4) is 0 Å². The van der Waals surface area contributed by atoms with E-state index in [4.69, 9.17) is 9.84 Å². The van der Waals surface area contributed by atoms with Crippen molar-refractivity contribution in [3.05, 3.63) is 15.8 Å². The molecule has 20 heavy (non-hydrogen) atoms. The normalized spacial score (nSPS) is 25.0.